The molecule has 18 nitrogen and oxygen atoms in total. The van der Waals surface area contributed by atoms with E-state index in [1.807, 2.05) is 0 Å². The molecular weight excluding hydrogens is 390 g/mol. The molecule has 27 heavy (non-hydrogen) atoms. The Morgan fingerprint density at radius 1 is 0.556 bits per heavy atom. The van der Waals surface area contributed by atoms with Crippen LogP contribution in [0.15, 0.2) is 14.4 Å². The molecule has 0 aromatic carbocycles. The summed E-state index contributed by atoms with van der Waals surface area (Å²) in [5.74, 6) is -10.8. The zero-order valence-electron chi connectivity index (χ0n) is 12.9. The van der Waals surface area contributed by atoms with Gasteiger partial charge in [0.05, 0.1) is 0 Å². The highest BCUT2D eigenvalue weighted by molar-refractivity contribution is 4.73. The number of hydrogen-bond acceptors (Lipinski definition) is 15. The average Bonchev–Trinajstić information content (AvgIpc) is 2.59. The van der Waals surface area contributed by atoms with Crippen molar-refractivity contribution in [1.29, 1.82) is 0 Å². The molecule has 0 unspecified atom stereocenters. The predicted octanol–water partition coefficient (Wildman–Crippen LogP) is -9.65. The fraction of sp³-hybridized carbons (Fsp3) is 0.667. The first-order valence-electron chi connectivity index (χ1n) is 6.47. The third-order valence-electron chi connectivity index (χ3n) is 2.37. The lowest BCUT2D eigenvalue weighted by molar-refractivity contribution is -0.373. The summed E-state index contributed by atoms with van der Waals surface area (Å²) < 4.78 is -2.25. The van der Waals surface area contributed by atoms with Gasteiger partial charge in [0, 0.05) is 0 Å². The van der Waals surface area contributed by atoms with Gasteiger partial charge in [-0.05, 0) is 0 Å². The second-order valence-electron chi connectivity index (χ2n) is 4.71. The molecule has 0 aliphatic heterocycles. The van der Waals surface area contributed by atoms with Crippen molar-refractivity contribution >= 4 is 0 Å². The first kappa shape index (κ1) is 22.5. The van der Waals surface area contributed by atoms with Crippen molar-refractivity contribution in [3.05, 3.63) is 31.5 Å². The van der Waals surface area contributed by atoms with Gasteiger partial charge < -0.3 is 60.5 Å². The summed E-state index contributed by atoms with van der Waals surface area (Å²) in [7, 11) is 0. The van der Waals surface area contributed by atoms with Gasteiger partial charge in [0.1, 0.15) is 19.8 Å². The zero-order chi connectivity index (χ0) is 21.2. The summed E-state index contributed by atoms with van der Waals surface area (Å²) in [6, 6.07) is 0. The van der Waals surface area contributed by atoms with Crippen LogP contribution in [0.3, 0.4) is 0 Å². The quantitative estimate of drug-likeness (QED) is 0.172. The van der Waals surface area contributed by atoms with Crippen molar-refractivity contribution < 1.29 is 60.5 Å². The van der Waals surface area contributed by atoms with Gasteiger partial charge in [0.25, 0.3) is 0 Å². The van der Waals surface area contributed by atoms with Crippen LogP contribution in [0.1, 0.15) is 0 Å². The van der Waals surface area contributed by atoms with Crippen molar-refractivity contribution in [2.75, 3.05) is 19.8 Å². The molecule has 0 saturated heterocycles. The van der Waals surface area contributed by atoms with Gasteiger partial charge in [-0.15, -0.1) is 0 Å². The smallest absolute Gasteiger partial charge is 0.387 e. The molecular formula is C9H15N3O15. The topological polar surface area (TPSA) is 276 Å². The predicted molar refractivity (Wildman–Crippen MR) is 71.7 cm³/mol. The lowest BCUT2D eigenvalue weighted by atomic mass is 10.6. The maximum absolute atomic E-state index is 12.0. The van der Waals surface area contributed by atoms with Crippen molar-refractivity contribution in [3.8, 4) is 0 Å². The molecule has 9 N–H and O–H groups in total. The minimum absolute atomic E-state index is 0.751. The Kier molecular flexibility index (Phi) is 6.33. The SMILES string of the molecule is O=c1n(OC(O)(O)CO)c(=O)n(OC(O)(O)CO)c(=O)n1OC(O)(O)CO. The number of aromatic nitrogens is 3. The van der Waals surface area contributed by atoms with Crippen molar-refractivity contribution in [1.82, 2.24) is 14.2 Å². The number of aliphatic hydroxyl groups excluding tert-OH is 3. The Bertz CT molecular complexity index is 693. The lowest BCUT2D eigenvalue weighted by Crippen LogP contribution is -2.66. The van der Waals surface area contributed by atoms with Gasteiger partial charge in [0.15, 0.2) is 0 Å². The minimum atomic E-state index is -3.61. The van der Waals surface area contributed by atoms with E-state index in [4.69, 9.17) is 46.0 Å². The third-order valence-corrected chi connectivity index (χ3v) is 2.37. The second-order valence-corrected chi connectivity index (χ2v) is 4.71. The van der Waals surface area contributed by atoms with Crippen LogP contribution < -0.4 is 31.6 Å². The van der Waals surface area contributed by atoms with Crippen LogP contribution in [0.4, 0.5) is 0 Å². The maximum Gasteiger partial charge on any atom is 0.404 e. The lowest BCUT2D eigenvalue weighted by Gasteiger charge is -2.24. The highest BCUT2D eigenvalue weighted by Gasteiger charge is 2.35. The molecule has 0 radical (unpaired) electrons. The van der Waals surface area contributed by atoms with Crippen molar-refractivity contribution in [3.63, 3.8) is 0 Å². The number of aliphatic hydroxyl groups is 9. The summed E-state index contributed by atoms with van der Waals surface area (Å²) in [5.41, 5.74) is -6.30. The number of rotatable bonds is 9. The van der Waals surface area contributed by atoms with Gasteiger partial charge in [-0.3, -0.25) is 0 Å². The summed E-state index contributed by atoms with van der Waals surface area (Å²) in [6.45, 7) is -4.91. The number of nitrogens with zero attached hydrogens (tertiary/aromatic N) is 3. The fourth-order valence-corrected chi connectivity index (χ4v) is 1.25. The molecule has 156 valence electrons. The van der Waals surface area contributed by atoms with Crippen LogP contribution in [0.25, 0.3) is 0 Å². The van der Waals surface area contributed by atoms with Gasteiger partial charge in [0.2, 0.25) is 0 Å². The molecule has 0 fully saturated rings. The first-order chi connectivity index (χ1) is 12.2. The molecule has 1 aromatic rings. The molecule has 0 saturated carbocycles. The molecule has 1 heterocycles. The Morgan fingerprint density at radius 3 is 0.889 bits per heavy atom. The molecule has 18 heteroatoms. The average molecular weight is 405 g/mol. The van der Waals surface area contributed by atoms with Gasteiger partial charge in [-0.25, -0.2) is 14.4 Å². The molecule has 0 atom stereocenters. The Balaban J connectivity index is 3.76. The largest absolute Gasteiger partial charge is 0.404 e. The van der Waals surface area contributed by atoms with E-state index in [0.29, 0.717) is 0 Å². The maximum atomic E-state index is 12.0. The summed E-state index contributed by atoms with van der Waals surface area (Å²) in [6.07, 6.45) is 0. The van der Waals surface area contributed by atoms with E-state index in [9.17, 15) is 14.4 Å². The van der Waals surface area contributed by atoms with Crippen LogP contribution in [-0.4, -0.2) is 97.9 Å². The molecule has 1 aromatic heterocycles. The van der Waals surface area contributed by atoms with Crippen LogP contribution in [-0.2, 0) is 0 Å². The van der Waals surface area contributed by atoms with E-state index in [-0.39, 0.29) is 0 Å². The van der Waals surface area contributed by atoms with Crippen molar-refractivity contribution in [2.24, 2.45) is 0 Å². The van der Waals surface area contributed by atoms with Crippen molar-refractivity contribution in [2.45, 2.75) is 17.9 Å². The zero-order valence-corrected chi connectivity index (χ0v) is 12.9. The molecule has 0 aliphatic carbocycles. The molecule has 0 aliphatic rings. The van der Waals surface area contributed by atoms with Gasteiger partial charge in [-0.2, -0.15) is 0 Å². The van der Waals surface area contributed by atoms with Gasteiger partial charge in [-0.1, -0.05) is 14.2 Å². The van der Waals surface area contributed by atoms with Crippen LogP contribution in [0.5, 0.6) is 0 Å². The highest BCUT2D eigenvalue weighted by Crippen LogP contribution is 1.96. The van der Waals surface area contributed by atoms with E-state index < -0.39 is 69.0 Å². The number of hydrogen-bond donors (Lipinski definition) is 9. The first-order valence-corrected chi connectivity index (χ1v) is 6.47. The second kappa shape index (κ2) is 7.59. The van der Waals surface area contributed by atoms with E-state index in [1.165, 1.54) is 0 Å². The van der Waals surface area contributed by atoms with Crippen LogP contribution in [0.2, 0.25) is 0 Å². The fourth-order valence-electron chi connectivity index (χ4n) is 1.25. The molecule has 1 rings (SSSR count). The summed E-state index contributed by atoms with van der Waals surface area (Å²) in [4.78, 5) is 48.0. The molecule has 0 bridgehead atoms. The summed E-state index contributed by atoms with van der Waals surface area (Å²) >= 11 is 0. The highest BCUT2D eigenvalue weighted by atomic mass is 16.9. The Labute approximate surface area is 145 Å². The Morgan fingerprint density at radius 2 is 0.741 bits per heavy atom. The third kappa shape index (κ3) is 5.22. The van der Waals surface area contributed by atoms with E-state index in [0.717, 1.165) is 0 Å². The van der Waals surface area contributed by atoms with Crippen LogP contribution in [0, 0.1) is 0 Å². The van der Waals surface area contributed by atoms with E-state index in [1.54, 1.807) is 0 Å². The van der Waals surface area contributed by atoms with E-state index in [2.05, 4.69) is 14.5 Å². The van der Waals surface area contributed by atoms with E-state index >= 15 is 0 Å². The minimum Gasteiger partial charge on any atom is -0.387 e. The molecule has 0 spiro atoms. The monoisotopic (exact) mass is 405 g/mol. The van der Waals surface area contributed by atoms with Crippen LogP contribution >= 0.6 is 0 Å². The van der Waals surface area contributed by atoms with Gasteiger partial charge >= 0.3 is 35.0 Å². The summed E-state index contributed by atoms with van der Waals surface area (Å²) in [5, 5.41) is 81.0. The normalized spacial score (nSPS) is 12.8. The standard InChI is InChI=1S/C9H15N3O15/c13-1-7(19,20)25-10-4(16)11(26-8(21,22)2-14)6(18)12(5(10)17)27-9(23,24)3-15/h13-15,19-24H,1-3H2. The Hall–Kier alpha value is -2.55. The molecule has 0 amide bonds.